The molecule has 1 heterocycles. The van der Waals surface area contributed by atoms with Crippen LogP contribution < -0.4 is 4.72 Å². The van der Waals surface area contributed by atoms with Gasteiger partial charge in [-0.15, -0.1) is 0 Å². The van der Waals surface area contributed by atoms with Crippen molar-refractivity contribution in [3.8, 4) is 16.8 Å². The summed E-state index contributed by atoms with van der Waals surface area (Å²) in [5.41, 5.74) is 2.29. The molecule has 0 fully saturated rings. The number of nitrogens with zero attached hydrogens (tertiary/aromatic N) is 2. The average Bonchev–Trinajstić information content (AvgIpc) is 3.28. The van der Waals surface area contributed by atoms with Gasteiger partial charge in [0, 0.05) is 24.5 Å². The van der Waals surface area contributed by atoms with Crippen LogP contribution in [0.1, 0.15) is 5.56 Å². The van der Waals surface area contributed by atoms with Gasteiger partial charge in [0.15, 0.2) is 0 Å². The molecule has 0 saturated carbocycles. The third-order valence-corrected chi connectivity index (χ3v) is 5.98. The number of rotatable bonds is 6. The monoisotopic (exact) mass is 407 g/mol. The molecule has 1 N–H and O–H groups in total. The Bertz CT molecular complexity index is 1220. The summed E-state index contributed by atoms with van der Waals surface area (Å²) >= 11 is 0. The summed E-state index contributed by atoms with van der Waals surface area (Å²) in [6.07, 6.45) is 4.70. The van der Waals surface area contributed by atoms with Crippen molar-refractivity contribution in [1.29, 1.82) is 0 Å². The van der Waals surface area contributed by atoms with Gasteiger partial charge in [-0.3, -0.25) is 0 Å². The molecule has 0 aliphatic heterocycles. The fraction of sp³-hybridized carbons (Fsp3) is 0.0455. The number of aromatic nitrogens is 2. The molecule has 3 aromatic carbocycles. The average molecular weight is 407 g/mol. The summed E-state index contributed by atoms with van der Waals surface area (Å²) in [5.74, 6) is -0.454. The number of sulfonamides is 1. The van der Waals surface area contributed by atoms with E-state index in [1.54, 1.807) is 53.4 Å². The Kier molecular flexibility index (Phi) is 5.24. The SMILES string of the molecule is O=S(=O)(NCc1ccc(-n2ccnc2)c(F)c1)c1ccccc1-c1ccccc1. The van der Waals surface area contributed by atoms with Crippen molar-refractivity contribution in [3.63, 3.8) is 0 Å². The minimum atomic E-state index is -3.79. The highest BCUT2D eigenvalue weighted by atomic mass is 32.2. The van der Waals surface area contributed by atoms with Crippen LogP contribution in [-0.2, 0) is 16.6 Å². The van der Waals surface area contributed by atoms with Crippen LogP contribution >= 0.6 is 0 Å². The van der Waals surface area contributed by atoms with Crippen molar-refractivity contribution in [2.75, 3.05) is 0 Å². The van der Waals surface area contributed by atoms with E-state index in [0.717, 1.165) is 5.56 Å². The molecule has 146 valence electrons. The molecule has 4 aromatic rings. The molecule has 0 aliphatic carbocycles. The molecule has 0 radical (unpaired) electrons. The van der Waals surface area contributed by atoms with Gasteiger partial charge in [-0.25, -0.2) is 22.5 Å². The van der Waals surface area contributed by atoms with Crippen LogP contribution in [0.4, 0.5) is 4.39 Å². The Morgan fingerprint density at radius 1 is 0.966 bits per heavy atom. The highest BCUT2D eigenvalue weighted by Gasteiger charge is 2.19. The lowest BCUT2D eigenvalue weighted by Crippen LogP contribution is -2.24. The summed E-state index contributed by atoms with van der Waals surface area (Å²) < 4.78 is 44.4. The van der Waals surface area contributed by atoms with Crippen LogP contribution in [0.15, 0.2) is 96.4 Å². The van der Waals surface area contributed by atoms with Crippen molar-refractivity contribution in [1.82, 2.24) is 14.3 Å². The number of benzene rings is 3. The van der Waals surface area contributed by atoms with Gasteiger partial charge in [-0.1, -0.05) is 54.6 Å². The van der Waals surface area contributed by atoms with Crippen molar-refractivity contribution in [2.45, 2.75) is 11.4 Å². The Labute approximate surface area is 168 Å². The van der Waals surface area contributed by atoms with E-state index < -0.39 is 15.8 Å². The molecular formula is C22H18FN3O2S. The standard InChI is InChI=1S/C22H18FN3O2S/c23-20-14-17(10-11-21(20)26-13-12-24-16-26)15-25-29(27,28)22-9-5-4-8-19(22)18-6-2-1-3-7-18/h1-14,16,25H,15H2. The number of hydrogen-bond acceptors (Lipinski definition) is 3. The van der Waals surface area contributed by atoms with Gasteiger partial charge in [-0.2, -0.15) is 0 Å². The van der Waals surface area contributed by atoms with E-state index in [1.807, 2.05) is 30.3 Å². The predicted octanol–water partition coefficient (Wildman–Crippen LogP) is 4.16. The zero-order valence-corrected chi connectivity index (χ0v) is 16.2. The van der Waals surface area contributed by atoms with E-state index in [2.05, 4.69) is 9.71 Å². The van der Waals surface area contributed by atoms with Crippen LogP contribution in [0.5, 0.6) is 0 Å². The first kappa shape index (κ1) is 19.0. The lowest BCUT2D eigenvalue weighted by Gasteiger charge is -2.12. The minimum absolute atomic E-state index is 0.0212. The Morgan fingerprint density at radius 2 is 1.72 bits per heavy atom. The third-order valence-electron chi connectivity index (χ3n) is 4.52. The predicted molar refractivity (Wildman–Crippen MR) is 109 cm³/mol. The Morgan fingerprint density at radius 3 is 2.45 bits per heavy atom. The molecule has 1 aromatic heterocycles. The molecule has 0 aliphatic rings. The van der Waals surface area contributed by atoms with Crippen LogP contribution in [-0.4, -0.2) is 18.0 Å². The summed E-state index contributed by atoms with van der Waals surface area (Å²) in [7, 11) is -3.79. The second-order valence-electron chi connectivity index (χ2n) is 6.44. The van der Waals surface area contributed by atoms with Gasteiger partial charge >= 0.3 is 0 Å². The summed E-state index contributed by atoms with van der Waals surface area (Å²) in [4.78, 5) is 4.08. The molecule has 7 heteroatoms. The maximum atomic E-state index is 14.4. The quantitative estimate of drug-likeness (QED) is 0.522. The van der Waals surface area contributed by atoms with Crippen LogP contribution in [0, 0.1) is 5.82 Å². The van der Waals surface area contributed by atoms with E-state index in [0.29, 0.717) is 16.8 Å². The van der Waals surface area contributed by atoms with Gasteiger partial charge in [0.1, 0.15) is 5.82 Å². The smallest absolute Gasteiger partial charge is 0.241 e. The first-order valence-corrected chi connectivity index (χ1v) is 10.4. The third kappa shape index (κ3) is 4.11. The second kappa shape index (κ2) is 7.98. The zero-order chi connectivity index (χ0) is 20.3. The van der Waals surface area contributed by atoms with Crippen molar-refractivity contribution in [3.05, 3.63) is 103 Å². The molecule has 0 amide bonds. The minimum Gasteiger partial charge on any atom is -0.303 e. The second-order valence-corrected chi connectivity index (χ2v) is 8.18. The van der Waals surface area contributed by atoms with Crippen LogP contribution in [0.3, 0.4) is 0 Å². The number of halogens is 1. The summed E-state index contributed by atoms with van der Waals surface area (Å²) in [5, 5.41) is 0. The summed E-state index contributed by atoms with van der Waals surface area (Å²) in [6.45, 7) is -0.0212. The fourth-order valence-corrected chi connectivity index (χ4v) is 4.33. The normalized spacial score (nSPS) is 11.5. The highest BCUT2D eigenvalue weighted by molar-refractivity contribution is 7.89. The Balaban J connectivity index is 1.57. The molecule has 29 heavy (non-hydrogen) atoms. The molecule has 0 atom stereocenters. The van der Waals surface area contributed by atoms with E-state index in [-0.39, 0.29) is 11.4 Å². The van der Waals surface area contributed by atoms with Gasteiger partial charge in [0.2, 0.25) is 10.0 Å². The number of imidazole rings is 1. The van der Waals surface area contributed by atoms with Gasteiger partial charge in [-0.05, 0) is 29.3 Å². The zero-order valence-electron chi connectivity index (χ0n) is 15.4. The van der Waals surface area contributed by atoms with Crippen molar-refractivity contribution in [2.24, 2.45) is 0 Å². The van der Waals surface area contributed by atoms with Crippen molar-refractivity contribution >= 4 is 10.0 Å². The van der Waals surface area contributed by atoms with E-state index in [1.165, 1.54) is 12.4 Å². The maximum absolute atomic E-state index is 14.4. The maximum Gasteiger partial charge on any atom is 0.241 e. The van der Waals surface area contributed by atoms with E-state index in [4.69, 9.17) is 0 Å². The number of hydrogen-bond donors (Lipinski definition) is 1. The highest BCUT2D eigenvalue weighted by Crippen LogP contribution is 2.27. The fourth-order valence-electron chi connectivity index (χ4n) is 3.08. The first-order chi connectivity index (χ1) is 14.0. The molecule has 0 bridgehead atoms. The lowest BCUT2D eigenvalue weighted by atomic mass is 10.1. The summed E-state index contributed by atoms with van der Waals surface area (Å²) in [6, 6.07) is 20.7. The van der Waals surface area contributed by atoms with Crippen LogP contribution in [0.2, 0.25) is 0 Å². The van der Waals surface area contributed by atoms with E-state index in [9.17, 15) is 12.8 Å². The van der Waals surface area contributed by atoms with Gasteiger partial charge < -0.3 is 4.57 Å². The molecule has 0 unspecified atom stereocenters. The largest absolute Gasteiger partial charge is 0.303 e. The molecular weight excluding hydrogens is 389 g/mol. The molecule has 4 rings (SSSR count). The molecule has 0 saturated heterocycles. The molecule has 5 nitrogen and oxygen atoms in total. The molecule has 0 spiro atoms. The number of nitrogens with one attached hydrogen (secondary N) is 1. The first-order valence-electron chi connectivity index (χ1n) is 8.95. The topological polar surface area (TPSA) is 64.0 Å². The van der Waals surface area contributed by atoms with Gasteiger partial charge in [0.05, 0.1) is 16.9 Å². The van der Waals surface area contributed by atoms with E-state index >= 15 is 0 Å². The lowest BCUT2D eigenvalue weighted by molar-refractivity contribution is 0.580. The van der Waals surface area contributed by atoms with Crippen LogP contribution in [0.25, 0.3) is 16.8 Å². The van der Waals surface area contributed by atoms with Crippen molar-refractivity contribution < 1.29 is 12.8 Å². The van der Waals surface area contributed by atoms with Gasteiger partial charge in [0.25, 0.3) is 0 Å². The Hall–Kier alpha value is -3.29.